The summed E-state index contributed by atoms with van der Waals surface area (Å²) in [7, 11) is 1.57. The lowest BCUT2D eigenvalue weighted by atomic mass is 10.1. The largest absolute Gasteiger partial charge is 0.506 e. The predicted octanol–water partition coefficient (Wildman–Crippen LogP) is 4.70. The Kier molecular flexibility index (Phi) is 8.16. The highest BCUT2D eigenvalue weighted by atomic mass is 127. The van der Waals surface area contributed by atoms with E-state index >= 15 is 0 Å². The molecule has 1 aromatic carbocycles. The Morgan fingerprint density at radius 1 is 1.30 bits per heavy atom. The fraction of sp³-hybridized carbons (Fsp3) is 0.278. The number of ether oxygens (including phenoxy) is 2. The van der Waals surface area contributed by atoms with Gasteiger partial charge in [-0.05, 0) is 70.3 Å². The predicted molar refractivity (Wildman–Crippen MR) is 123 cm³/mol. The van der Waals surface area contributed by atoms with Gasteiger partial charge in [0, 0.05) is 15.6 Å². The normalized spacial score (nSPS) is 16.9. The van der Waals surface area contributed by atoms with Crippen LogP contribution >= 0.6 is 56.9 Å². The first kappa shape index (κ1) is 22.2. The van der Waals surface area contributed by atoms with Crippen LogP contribution < -0.4 is 4.74 Å². The van der Waals surface area contributed by atoms with E-state index in [4.69, 9.17) is 9.47 Å². The molecule has 0 aliphatic carbocycles. The van der Waals surface area contributed by atoms with E-state index in [1.165, 1.54) is 0 Å². The van der Waals surface area contributed by atoms with E-state index in [2.05, 4.69) is 50.2 Å². The summed E-state index contributed by atoms with van der Waals surface area (Å²) in [5.74, 6) is -0.686. The maximum atomic E-state index is 12.3. The minimum atomic E-state index is -0.710. The summed E-state index contributed by atoms with van der Waals surface area (Å²) in [4.78, 5) is 28.4. The average Bonchev–Trinajstić information content (AvgIpc) is 2.90. The molecule has 0 fully saturated rings. The van der Waals surface area contributed by atoms with Gasteiger partial charge in [-0.25, -0.2) is 9.79 Å². The fourth-order valence-corrected chi connectivity index (χ4v) is 5.36. The summed E-state index contributed by atoms with van der Waals surface area (Å²) in [6.45, 7) is 3.49. The Labute approximate surface area is 188 Å². The molecule has 1 aliphatic rings. The lowest BCUT2D eigenvalue weighted by Gasteiger charge is -2.09. The van der Waals surface area contributed by atoms with Crippen LogP contribution in [0.25, 0.3) is 6.08 Å². The summed E-state index contributed by atoms with van der Waals surface area (Å²) >= 11 is 5.42. The molecular formula is C18H17I2NO5S. The zero-order valence-corrected chi connectivity index (χ0v) is 20.0. The quantitative estimate of drug-likeness (QED) is 0.383. The standard InChI is InChI=1S/C18H17I2NO5S/c1-4-13(22)21-17-14(18(24)26-5-2)15(23)12(27-17)7-9-6-10(19)8-11(20)16(9)25-3/h6-8,23H,4-5H2,1-3H3/b12-7-,21-17?. The Balaban J connectivity index is 2.59. The number of amides is 1. The van der Waals surface area contributed by atoms with Gasteiger partial charge >= 0.3 is 5.97 Å². The number of methoxy groups -OCH3 is 1. The molecule has 9 heteroatoms. The van der Waals surface area contributed by atoms with Gasteiger partial charge in [-0.2, -0.15) is 0 Å². The maximum absolute atomic E-state index is 12.3. The van der Waals surface area contributed by atoms with Crippen molar-refractivity contribution in [1.82, 2.24) is 0 Å². The van der Waals surface area contributed by atoms with Gasteiger partial charge in [-0.1, -0.05) is 18.7 Å². The Morgan fingerprint density at radius 3 is 2.59 bits per heavy atom. The van der Waals surface area contributed by atoms with Gasteiger partial charge in [-0.15, -0.1) is 0 Å². The van der Waals surface area contributed by atoms with Crippen LogP contribution in [-0.2, 0) is 14.3 Å². The number of aliphatic imine (C=N–C) groups is 1. The third kappa shape index (κ3) is 5.25. The molecule has 1 heterocycles. The first-order valence-corrected chi connectivity index (χ1v) is 10.9. The lowest BCUT2D eigenvalue weighted by Crippen LogP contribution is -2.14. The number of thioether (sulfide) groups is 1. The molecule has 1 aliphatic heterocycles. The molecular weight excluding hydrogens is 596 g/mol. The molecule has 1 aromatic rings. The third-order valence-corrected chi connectivity index (χ3v) is 5.87. The number of carbonyl (C=O) groups is 2. The number of benzene rings is 1. The average molecular weight is 613 g/mol. The Morgan fingerprint density at radius 2 is 2.00 bits per heavy atom. The zero-order valence-electron chi connectivity index (χ0n) is 14.8. The second-order valence-corrected chi connectivity index (χ2v) is 8.67. The molecule has 144 valence electrons. The van der Waals surface area contributed by atoms with Gasteiger partial charge in [0.15, 0.2) is 0 Å². The summed E-state index contributed by atoms with van der Waals surface area (Å²) in [5.41, 5.74) is 0.656. The van der Waals surface area contributed by atoms with E-state index < -0.39 is 5.97 Å². The van der Waals surface area contributed by atoms with Gasteiger partial charge in [0.1, 0.15) is 22.1 Å². The van der Waals surface area contributed by atoms with Crippen molar-refractivity contribution in [2.75, 3.05) is 13.7 Å². The molecule has 0 bridgehead atoms. The van der Waals surface area contributed by atoms with Crippen molar-refractivity contribution in [3.8, 4) is 5.75 Å². The van der Waals surface area contributed by atoms with Crippen molar-refractivity contribution in [3.63, 3.8) is 0 Å². The van der Waals surface area contributed by atoms with Gasteiger partial charge in [0.25, 0.3) is 0 Å². The third-order valence-electron chi connectivity index (χ3n) is 3.43. The number of hydrogen-bond acceptors (Lipinski definition) is 6. The van der Waals surface area contributed by atoms with Crippen molar-refractivity contribution in [2.24, 2.45) is 4.99 Å². The second kappa shape index (κ2) is 9.92. The van der Waals surface area contributed by atoms with Crippen LogP contribution in [0.3, 0.4) is 0 Å². The van der Waals surface area contributed by atoms with E-state index in [0.717, 1.165) is 24.5 Å². The molecule has 0 saturated heterocycles. The van der Waals surface area contributed by atoms with Crippen molar-refractivity contribution in [1.29, 1.82) is 0 Å². The van der Waals surface area contributed by atoms with E-state index in [9.17, 15) is 14.7 Å². The highest BCUT2D eigenvalue weighted by Gasteiger charge is 2.33. The highest BCUT2D eigenvalue weighted by molar-refractivity contribution is 14.1. The smallest absolute Gasteiger partial charge is 0.344 e. The molecule has 0 radical (unpaired) electrons. The molecule has 1 N–H and O–H groups in total. The van der Waals surface area contributed by atoms with E-state index in [0.29, 0.717) is 10.7 Å². The van der Waals surface area contributed by atoms with Crippen LogP contribution in [-0.4, -0.2) is 35.7 Å². The second-order valence-electron chi connectivity index (χ2n) is 5.23. The molecule has 0 spiro atoms. The number of esters is 1. The number of halogens is 2. The van der Waals surface area contributed by atoms with Crippen molar-refractivity contribution in [2.45, 2.75) is 20.3 Å². The summed E-state index contributed by atoms with van der Waals surface area (Å²) < 4.78 is 12.4. The summed E-state index contributed by atoms with van der Waals surface area (Å²) in [6.07, 6.45) is 1.91. The number of rotatable bonds is 5. The van der Waals surface area contributed by atoms with Crippen LogP contribution in [0.4, 0.5) is 0 Å². The lowest BCUT2D eigenvalue weighted by molar-refractivity contribution is -0.138. The van der Waals surface area contributed by atoms with Gasteiger partial charge in [0.05, 0.1) is 22.2 Å². The van der Waals surface area contributed by atoms with Crippen LogP contribution in [0.15, 0.2) is 33.4 Å². The first-order valence-electron chi connectivity index (χ1n) is 7.97. The van der Waals surface area contributed by atoms with Gasteiger partial charge < -0.3 is 14.6 Å². The molecule has 6 nitrogen and oxygen atoms in total. The van der Waals surface area contributed by atoms with E-state index in [1.54, 1.807) is 27.0 Å². The number of aliphatic hydroxyl groups is 1. The SMILES string of the molecule is CCOC(=O)C1=C(O)/C(=C/c2cc(I)cc(I)c2OC)SC1=NC(=O)CC. The number of aliphatic hydroxyl groups excluding tert-OH is 1. The molecule has 0 aromatic heterocycles. The van der Waals surface area contributed by atoms with E-state index in [1.807, 2.05) is 12.1 Å². The Bertz CT molecular complexity index is 877. The van der Waals surface area contributed by atoms with Crippen LogP contribution in [0.1, 0.15) is 25.8 Å². The maximum Gasteiger partial charge on any atom is 0.344 e. The van der Waals surface area contributed by atoms with Crippen molar-refractivity contribution < 1.29 is 24.2 Å². The molecule has 27 heavy (non-hydrogen) atoms. The van der Waals surface area contributed by atoms with Crippen molar-refractivity contribution >= 4 is 79.9 Å². The number of nitrogens with zero attached hydrogens (tertiary/aromatic N) is 1. The topological polar surface area (TPSA) is 85.2 Å². The minimum Gasteiger partial charge on any atom is -0.506 e. The van der Waals surface area contributed by atoms with Gasteiger partial charge in [0.2, 0.25) is 5.91 Å². The van der Waals surface area contributed by atoms with E-state index in [-0.39, 0.29) is 35.3 Å². The molecule has 0 saturated carbocycles. The number of carbonyl (C=O) groups excluding carboxylic acids is 2. The van der Waals surface area contributed by atoms with Crippen molar-refractivity contribution in [3.05, 3.63) is 41.1 Å². The first-order chi connectivity index (χ1) is 12.8. The van der Waals surface area contributed by atoms with Gasteiger partial charge in [-0.3, -0.25) is 4.79 Å². The highest BCUT2D eigenvalue weighted by Crippen LogP contribution is 2.41. The van der Waals surface area contributed by atoms with Crippen LogP contribution in [0, 0.1) is 7.14 Å². The summed E-state index contributed by atoms with van der Waals surface area (Å²) in [5, 5.41) is 10.8. The zero-order chi connectivity index (χ0) is 20.1. The van der Waals surface area contributed by atoms with Crippen LogP contribution in [0.2, 0.25) is 0 Å². The summed E-state index contributed by atoms with van der Waals surface area (Å²) in [6, 6.07) is 3.87. The monoisotopic (exact) mass is 613 g/mol. The molecule has 0 unspecified atom stereocenters. The Hall–Kier alpha value is -1.08. The molecule has 2 rings (SSSR count). The van der Waals surface area contributed by atoms with Crippen LogP contribution in [0.5, 0.6) is 5.75 Å². The minimum absolute atomic E-state index is 0.0887. The fourth-order valence-electron chi connectivity index (χ4n) is 2.23. The molecule has 1 amide bonds. The number of hydrogen-bond donors (Lipinski definition) is 1. The molecule has 0 atom stereocenters.